The molecule has 0 saturated heterocycles. The minimum atomic E-state index is -0.110. The lowest BCUT2D eigenvalue weighted by atomic mass is 10.1. The molecule has 5 heteroatoms. The van der Waals surface area contributed by atoms with E-state index >= 15 is 0 Å². The number of ether oxygens (including phenoxy) is 1. The number of rotatable bonds is 7. The maximum Gasteiger partial charge on any atom is 0.224 e. The zero-order chi connectivity index (χ0) is 15.8. The molecule has 0 spiro atoms. The van der Waals surface area contributed by atoms with Crippen molar-refractivity contribution >= 4 is 17.5 Å². The quantitative estimate of drug-likeness (QED) is 0.824. The van der Waals surface area contributed by atoms with Crippen LogP contribution < -0.4 is 10.1 Å². The molecule has 2 aromatic carbocycles. The largest absolute Gasteiger partial charge is 0.489 e. The van der Waals surface area contributed by atoms with E-state index in [0.29, 0.717) is 11.6 Å². The summed E-state index contributed by atoms with van der Waals surface area (Å²) in [6.45, 7) is 0.665. The molecule has 0 unspecified atom stereocenters. The summed E-state index contributed by atoms with van der Waals surface area (Å²) < 4.78 is 5.68. The maximum atomic E-state index is 11.5. The van der Waals surface area contributed by atoms with E-state index < -0.39 is 0 Å². The number of amides is 1. The monoisotopic (exact) mass is 319 g/mol. The summed E-state index contributed by atoms with van der Waals surface area (Å²) in [7, 11) is 0. The number of nitrogens with one attached hydrogen (secondary N) is 1. The molecule has 2 N–H and O–H groups in total. The summed E-state index contributed by atoms with van der Waals surface area (Å²) in [4.78, 5) is 11.5. The molecule has 2 rings (SSSR count). The van der Waals surface area contributed by atoms with Crippen LogP contribution in [0.1, 0.15) is 11.1 Å². The van der Waals surface area contributed by atoms with Crippen LogP contribution in [0.15, 0.2) is 48.5 Å². The maximum absolute atomic E-state index is 11.5. The Morgan fingerprint density at radius 2 is 1.91 bits per heavy atom. The fourth-order valence-electron chi connectivity index (χ4n) is 1.94. The summed E-state index contributed by atoms with van der Waals surface area (Å²) in [5, 5.41) is 11.9. The Hall–Kier alpha value is -2.04. The molecular weight excluding hydrogens is 302 g/mol. The first-order valence-electron chi connectivity index (χ1n) is 7.01. The van der Waals surface area contributed by atoms with Crippen molar-refractivity contribution < 1.29 is 14.6 Å². The Bertz CT molecular complexity index is 614. The van der Waals surface area contributed by atoms with Crippen LogP contribution in [0.4, 0.5) is 0 Å². The predicted molar refractivity (Wildman–Crippen MR) is 86.0 cm³/mol. The lowest BCUT2D eigenvalue weighted by Crippen LogP contribution is -2.27. The zero-order valence-electron chi connectivity index (χ0n) is 12.1. The normalized spacial score (nSPS) is 10.3. The van der Waals surface area contributed by atoms with Crippen LogP contribution in [0.2, 0.25) is 5.02 Å². The van der Waals surface area contributed by atoms with Crippen LogP contribution in [0.5, 0.6) is 5.75 Å². The molecule has 1 amide bonds. The van der Waals surface area contributed by atoms with Gasteiger partial charge in [0.25, 0.3) is 0 Å². The van der Waals surface area contributed by atoms with Gasteiger partial charge in [-0.1, -0.05) is 35.9 Å². The van der Waals surface area contributed by atoms with E-state index in [4.69, 9.17) is 21.4 Å². The molecule has 0 radical (unpaired) electrons. The van der Waals surface area contributed by atoms with Crippen LogP contribution in [-0.2, 0) is 17.8 Å². The summed E-state index contributed by atoms with van der Waals surface area (Å²) >= 11 is 5.92. The molecular formula is C17H18ClNO3. The van der Waals surface area contributed by atoms with Crippen molar-refractivity contribution in [1.29, 1.82) is 0 Å². The molecule has 0 bridgehead atoms. The van der Waals surface area contributed by atoms with Gasteiger partial charge in [-0.3, -0.25) is 4.79 Å². The lowest BCUT2D eigenvalue weighted by Gasteiger charge is -2.08. The molecule has 22 heavy (non-hydrogen) atoms. The van der Waals surface area contributed by atoms with Crippen LogP contribution in [0.25, 0.3) is 0 Å². The van der Waals surface area contributed by atoms with Gasteiger partial charge in [-0.2, -0.15) is 0 Å². The van der Waals surface area contributed by atoms with Crippen LogP contribution in [-0.4, -0.2) is 24.2 Å². The molecule has 0 aliphatic rings. The van der Waals surface area contributed by atoms with Crippen molar-refractivity contribution in [2.24, 2.45) is 0 Å². The van der Waals surface area contributed by atoms with Crippen molar-refractivity contribution in [3.8, 4) is 5.75 Å². The van der Waals surface area contributed by atoms with Gasteiger partial charge in [0.1, 0.15) is 12.4 Å². The third kappa shape index (κ3) is 5.39. The van der Waals surface area contributed by atoms with Gasteiger partial charge in [0.15, 0.2) is 0 Å². The average molecular weight is 320 g/mol. The van der Waals surface area contributed by atoms with E-state index in [1.54, 1.807) is 0 Å². The SMILES string of the molecule is O=C(Cc1ccc(OCc2cccc(Cl)c2)cc1)NCCO. The van der Waals surface area contributed by atoms with Crippen molar-refractivity contribution in [3.05, 3.63) is 64.7 Å². The van der Waals surface area contributed by atoms with Crippen LogP contribution >= 0.6 is 11.6 Å². The Kier molecular flexibility index (Phi) is 6.25. The standard InChI is InChI=1S/C17H18ClNO3/c18-15-3-1-2-14(10-15)12-22-16-6-4-13(5-7-16)11-17(21)19-8-9-20/h1-7,10,20H,8-9,11-12H2,(H,19,21). The Labute approximate surface area is 134 Å². The Balaban J connectivity index is 1.85. The molecule has 0 fully saturated rings. The van der Waals surface area contributed by atoms with Gasteiger partial charge in [-0.05, 0) is 35.4 Å². The molecule has 0 heterocycles. The lowest BCUT2D eigenvalue weighted by molar-refractivity contribution is -0.120. The number of aliphatic hydroxyl groups is 1. The number of carbonyl (C=O) groups excluding carboxylic acids is 1. The van der Waals surface area contributed by atoms with E-state index in [9.17, 15) is 4.79 Å². The Morgan fingerprint density at radius 1 is 1.14 bits per heavy atom. The van der Waals surface area contributed by atoms with Crippen LogP contribution in [0, 0.1) is 0 Å². The molecule has 0 aliphatic heterocycles. The summed E-state index contributed by atoms with van der Waals surface area (Å²) in [5.74, 6) is 0.626. The summed E-state index contributed by atoms with van der Waals surface area (Å²) in [6.07, 6.45) is 0.286. The second-order valence-corrected chi connectivity index (χ2v) is 5.25. The van der Waals surface area contributed by atoms with E-state index in [-0.39, 0.29) is 25.5 Å². The van der Waals surface area contributed by atoms with Gasteiger partial charge < -0.3 is 15.2 Å². The van der Waals surface area contributed by atoms with E-state index in [0.717, 1.165) is 16.9 Å². The molecule has 0 saturated carbocycles. The van der Waals surface area contributed by atoms with Crippen LogP contribution in [0.3, 0.4) is 0 Å². The van der Waals surface area contributed by atoms with Crippen molar-refractivity contribution in [2.45, 2.75) is 13.0 Å². The first kappa shape index (κ1) is 16.3. The van der Waals surface area contributed by atoms with Gasteiger partial charge in [0, 0.05) is 11.6 Å². The van der Waals surface area contributed by atoms with Crippen molar-refractivity contribution in [1.82, 2.24) is 5.32 Å². The van der Waals surface area contributed by atoms with Crippen molar-refractivity contribution in [3.63, 3.8) is 0 Å². The molecule has 0 aromatic heterocycles. The number of hydrogen-bond acceptors (Lipinski definition) is 3. The molecule has 0 atom stereocenters. The van der Waals surface area contributed by atoms with E-state index in [1.165, 1.54) is 0 Å². The second kappa shape index (κ2) is 8.41. The average Bonchev–Trinajstić information content (AvgIpc) is 2.52. The molecule has 0 aliphatic carbocycles. The second-order valence-electron chi connectivity index (χ2n) is 4.81. The number of carbonyl (C=O) groups is 1. The fourth-order valence-corrected chi connectivity index (χ4v) is 2.15. The Morgan fingerprint density at radius 3 is 2.59 bits per heavy atom. The van der Waals surface area contributed by atoms with Gasteiger partial charge >= 0.3 is 0 Å². The van der Waals surface area contributed by atoms with Gasteiger partial charge in [0.05, 0.1) is 13.0 Å². The summed E-state index contributed by atoms with van der Waals surface area (Å²) in [5.41, 5.74) is 1.89. The van der Waals surface area contributed by atoms with Gasteiger partial charge in [0.2, 0.25) is 5.91 Å². The third-order valence-corrected chi connectivity index (χ3v) is 3.25. The van der Waals surface area contributed by atoms with E-state index in [2.05, 4.69) is 5.32 Å². The number of aliphatic hydroxyl groups excluding tert-OH is 1. The first-order valence-corrected chi connectivity index (χ1v) is 7.39. The number of benzene rings is 2. The van der Waals surface area contributed by atoms with E-state index in [1.807, 2.05) is 48.5 Å². The highest BCUT2D eigenvalue weighted by Gasteiger charge is 2.03. The zero-order valence-corrected chi connectivity index (χ0v) is 12.8. The highest BCUT2D eigenvalue weighted by molar-refractivity contribution is 6.30. The highest BCUT2D eigenvalue weighted by Crippen LogP contribution is 2.16. The fraction of sp³-hybridized carbons (Fsp3) is 0.235. The van der Waals surface area contributed by atoms with Crippen molar-refractivity contribution in [2.75, 3.05) is 13.2 Å². The molecule has 116 valence electrons. The highest BCUT2D eigenvalue weighted by atomic mass is 35.5. The third-order valence-electron chi connectivity index (χ3n) is 3.02. The smallest absolute Gasteiger partial charge is 0.224 e. The van der Waals surface area contributed by atoms with Gasteiger partial charge in [-0.15, -0.1) is 0 Å². The van der Waals surface area contributed by atoms with Gasteiger partial charge in [-0.25, -0.2) is 0 Å². The minimum absolute atomic E-state index is 0.0536. The number of hydrogen-bond donors (Lipinski definition) is 2. The molecule has 2 aromatic rings. The summed E-state index contributed by atoms with van der Waals surface area (Å²) in [6, 6.07) is 14.9. The number of halogens is 1. The predicted octanol–water partition coefficient (Wildman–Crippen LogP) is 2.57. The molecule has 4 nitrogen and oxygen atoms in total. The topological polar surface area (TPSA) is 58.6 Å². The minimum Gasteiger partial charge on any atom is -0.489 e. The first-order chi connectivity index (χ1) is 10.7.